The molecular weight excluding hydrogens is 294 g/mol. The van der Waals surface area contributed by atoms with Crippen LogP contribution in [0.25, 0.3) is 0 Å². The number of fused-ring (bicyclic) bond motifs is 1. The molecule has 6 nitrogen and oxygen atoms in total. The zero-order chi connectivity index (χ0) is 16.4. The molecular formula is C17H27N3O3. The van der Waals surface area contributed by atoms with Crippen LogP contribution in [0.1, 0.15) is 39.5 Å². The summed E-state index contributed by atoms with van der Waals surface area (Å²) < 4.78 is 5.88. The van der Waals surface area contributed by atoms with Gasteiger partial charge in [0.1, 0.15) is 5.54 Å². The number of nitrogens with two attached hydrogens (primary N) is 1. The minimum atomic E-state index is -0.903. The summed E-state index contributed by atoms with van der Waals surface area (Å²) >= 11 is 0. The highest BCUT2D eigenvalue weighted by molar-refractivity contribution is 5.93. The maximum atomic E-state index is 13.2. The number of ether oxygens (including phenoxy) is 1. The second kappa shape index (κ2) is 4.93. The van der Waals surface area contributed by atoms with Crippen LogP contribution in [0.4, 0.5) is 0 Å². The highest BCUT2D eigenvalue weighted by Gasteiger charge is 2.71. The molecule has 2 saturated carbocycles. The molecule has 0 bridgehead atoms. The average Bonchev–Trinajstić information content (AvgIpc) is 3.38. The van der Waals surface area contributed by atoms with Crippen molar-refractivity contribution in [3.63, 3.8) is 0 Å². The Morgan fingerprint density at radius 1 is 1.26 bits per heavy atom. The van der Waals surface area contributed by atoms with Crippen molar-refractivity contribution in [3.8, 4) is 0 Å². The minimum Gasteiger partial charge on any atom is -0.377 e. The van der Waals surface area contributed by atoms with Crippen molar-refractivity contribution in [3.05, 3.63) is 0 Å². The summed E-state index contributed by atoms with van der Waals surface area (Å²) in [6.07, 6.45) is 4.17. The number of hydrogen-bond donors (Lipinski definition) is 1. The van der Waals surface area contributed by atoms with E-state index in [0.717, 1.165) is 32.3 Å². The van der Waals surface area contributed by atoms with E-state index in [1.807, 2.05) is 18.7 Å². The van der Waals surface area contributed by atoms with Gasteiger partial charge in [-0.05, 0) is 25.7 Å². The molecule has 2 aliphatic carbocycles. The summed E-state index contributed by atoms with van der Waals surface area (Å²) in [6, 6.07) is 0.419. The lowest BCUT2D eigenvalue weighted by molar-refractivity contribution is -0.230. The zero-order valence-corrected chi connectivity index (χ0v) is 14.1. The molecule has 2 N–H and O–H groups in total. The third-order valence-corrected chi connectivity index (χ3v) is 6.57. The van der Waals surface area contributed by atoms with Gasteiger partial charge in [0.15, 0.2) is 0 Å². The van der Waals surface area contributed by atoms with Crippen molar-refractivity contribution in [1.82, 2.24) is 9.80 Å². The van der Waals surface area contributed by atoms with E-state index in [0.29, 0.717) is 19.1 Å². The summed E-state index contributed by atoms with van der Waals surface area (Å²) in [5, 5.41) is 0. The first kappa shape index (κ1) is 15.4. The third-order valence-electron chi connectivity index (χ3n) is 6.57. The lowest BCUT2D eigenvalue weighted by Gasteiger charge is -2.66. The second-order valence-electron chi connectivity index (χ2n) is 8.18. The Kier molecular flexibility index (Phi) is 3.30. The predicted octanol–water partition coefficient (Wildman–Crippen LogP) is 0.352. The third kappa shape index (κ3) is 2.00. The van der Waals surface area contributed by atoms with Crippen LogP contribution in [0.5, 0.6) is 0 Å². The zero-order valence-electron chi connectivity index (χ0n) is 14.1. The fourth-order valence-electron chi connectivity index (χ4n) is 4.90. The van der Waals surface area contributed by atoms with Crippen LogP contribution in [-0.2, 0) is 14.3 Å². The number of carbonyl (C=O) groups excluding carboxylic acids is 2. The molecule has 2 heterocycles. The van der Waals surface area contributed by atoms with Gasteiger partial charge >= 0.3 is 0 Å². The molecule has 2 saturated heterocycles. The monoisotopic (exact) mass is 321 g/mol. The molecule has 128 valence electrons. The Hall–Kier alpha value is -1.14. The molecule has 6 heteroatoms. The van der Waals surface area contributed by atoms with E-state index >= 15 is 0 Å². The standard InChI is InChI=1S/C17H27N3O3/c1-16(2)14-12(4-3-9-23-14)17(16,18)15(22)19-7-8-20(11-5-6-11)13(21)10-19/h11-12,14H,3-10,18H2,1-2H3. The number of piperazine rings is 1. The van der Waals surface area contributed by atoms with Crippen LogP contribution >= 0.6 is 0 Å². The van der Waals surface area contributed by atoms with Crippen molar-refractivity contribution in [2.45, 2.75) is 57.2 Å². The molecule has 4 fully saturated rings. The normalized spacial score (nSPS) is 39.7. The van der Waals surface area contributed by atoms with Gasteiger partial charge in [-0.15, -0.1) is 0 Å². The molecule has 0 aromatic carbocycles. The maximum absolute atomic E-state index is 13.2. The predicted molar refractivity (Wildman–Crippen MR) is 84.5 cm³/mol. The molecule has 3 atom stereocenters. The number of carbonyl (C=O) groups is 2. The highest BCUT2D eigenvalue weighted by Crippen LogP contribution is 2.58. The van der Waals surface area contributed by atoms with Crippen LogP contribution in [-0.4, -0.2) is 65.5 Å². The Bertz CT molecular complexity index is 545. The Morgan fingerprint density at radius 3 is 2.65 bits per heavy atom. The van der Waals surface area contributed by atoms with Crippen LogP contribution in [0.2, 0.25) is 0 Å². The topological polar surface area (TPSA) is 75.9 Å². The van der Waals surface area contributed by atoms with E-state index in [1.54, 1.807) is 4.90 Å². The van der Waals surface area contributed by atoms with Crippen molar-refractivity contribution < 1.29 is 14.3 Å². The van der Waals surface area contributed by atoms with Crippen LogP contribution in [0.15, 0.2) is 0 Å². The molecule has 0 spiro atoms. The van der Waals surface area contributed by atoms with Gasteiger partial charge in [0.25, 0.3) is 0 Å². The van der Waals surface area contributed by atoms with Crippen molar-refractivity contribution >= 4 is 11.8 Å². The van der Waals surface area contributed by atoms with Crippen molar-refractivity contribution in [2.75, 3.05) is 26.2 Å². The van der Waals surface area contributed by atoms with Crippen LogP contribution < -0.4 is 5.73 Å². The van der Waals surface area contributed by atoms with Gasteiger partial charge in [-0.1, -0.05) is 13.8 Å². The number of amides is 2. The van der Waals surface area contributed by atoms with E-state index in [-0.39, 0.29) is 35.8 Å². The van der Waals surface area contributed by atoms with E-state index in [1.165, 1.54) is 0 Å². The van der Waals surface area contributed by atoms with Gasteiger partial charge in [-0.2, -0.15) is 0 Å². The largest absolute Gasteiger partial charge is 0.377 e. The Morgan fingerprint density at radius 2 is 2.00 bits per heavy atom. The fourth-order valence-corrected chi connectivity index (χ4v) is 4.90. The van der Waals surface area contributed by atoms with Gasteiger partial charge in [-0.25, -0.2) is 0 Å². The summed E-state index contributed by atoms with van der Waals surface area (Å²) in [5.41, 5.74) is 5.38. The van der Waals surface area contributed by atoms with E-state index in [9.17, 15) is 9.59 Å². The van der Waals surface area contributed by atoms with Crippen molar-refractivity contribution in [1.29, 1.82) is 0 Å². The summed E-state index contributed by atoms with van der Waals surface area (Å²) in [7, 11) is 0. The smallest absolute Gasteiger partial charge is 0.244 e. The summed E-state index contributed by atoms with van der Waals surface area (Å²) in [6.45, 7) is 6.25. The van der Waals surface area contributed by atoms with Gasteiger partial charge in [-0.3, -0.25) is 9.59 Å². The van der Waals surface area contributed by atoms with E-state index < -0.39 is 5.54 Å². The van der Waals surface area contributed by atoms with E-state index in [2.05, 4.69) is 0 Å². The van der Waals surface area contributed by atoms with Crippen molar-refractivity contribution in [2.24, 2.45) is 17.1 Å². The first-order valence-corrected chi connectivity index (χ1v) is 8.86. The number of nitrogens with zero attached hydrogens (tertiary/aromatic N) is 2. The lowest BCUT2D eigenvalue weighted by atomic mass is 9.46. The van der Waals surface area contributed by atoms with Crippen LogP contribution in [0.3, 0.4) is 0 Å². The van der Waals surface area contributed by atoms with Gasteiger partial charge in [0.2, 0.25) is 11.8 Å². The Labute approximate surface area is 137 Å². The summed E-state index contributed by atoms with van der Waals surface area (Å²) in [5.74, 6) is 0.0950. The molecule has 0 aromatic heterocycles. The average molecular weight is 321 g/mol. The minimum absolute atomic E-state index is 0.0574. The fraction of sp³-hybridized carbons (Fsp3) is 0.882. The van der Waals surface area contributed by atoms with Gasteiger partial charge in [0, 0.05) is 37.1 Å². The first-order valence-electron chi connectivity index (χ1n) is 8.86. The highest BCUT2D eigenvalue weighted by atomic mass is 16.5. The molecule has 0 aromatic rings. The molecule has 0 radical (unpaired) electrons. The SMILES string of the molecule is CC1(C)C2OCCCC2C1(N)C(=O)N1CCN(C2CC2)C(=O)C1. The van der Waals surface area contributed by atoms with Crippen LogP contribution in [0, 0.1) is 11.3 Å². The molecule has 3 unspecified atom stereocenters. The second-order valence-corrected chi connectivity index (χ2v) is 8.18. The van der Waals surface area contributed by atoms with Gasteiger partial charge in [0.05, 0.1) is 12.6 Å². The number of rotatable bonds is 2. The molecule has 4 aliphatic rings. The quantitative estimate of drug-likeness (QED) is 0.796. The lowest BCUT2D eigenvalue weighted by Crippen LogP contribution is -2.83. The molecule has 4 rings (SSSR count). The van der Waals surface area contributed by atoms with Gasteiger partial charge < -0.3 is 20.3 Å². The molecule has 23 heavy (non-hydrogen) atoms. The Balaban J connectivity index is 1.51. The van der Waals surface area contributed by atoms with E-state index in [4.69, 9.17) is 10.5 Å². The molecule has 2 amide bonds. The number of hydrogen-bond acceptors (Lipinski definition) is 4. The summed E-state index contributed by atoms with van der Waals surface area (Å²) in [4.78, 5) is 29.1. The maximum Gasteiger partial charge on any atom is 0.244 e. The molecule has 2 aliphatic heterocycles. The first-order chi connectivity index (χ1) is 10.9.